The van der Waals surface area contributed by atoms with Gasteiger partial charge in [-0.3, -0.25) is 9.78 Å². The van der Waals surface area contributed by atoms with Crippen molar-refractivity contribution in [2.24, 2.45) is 11.8 Å². The van der Waals surface area contributed by atoms with E-state index in [9.17, 15) is 15.0 Å². The number of carbonyl (C=O) groups is 1. The fourth-order valence-electron chi connectivity index (χ4n) is 5.18. The van der Waals surface area contributed by atoms with Crippen LogP contribution in [0, 0.1) is 11.8 Å². The van der Waals surface area contributed by atoms with Gasteiger partial charge < -0.3 is 19.8 Å². The average Bonchev–Trinajstić information content (AvgIpc) is 2.91. The first-order valence-corrected chi connectivity index (χ1v) is 13.6. The molecule has 0 amide bonds. The predicted octanol–water partition coefficient (Wildman–Crippen LogP) is 5.05. The van der Waals surface area contributed by atoms with Crippen LogP contribution in [0.25, 0.3) is 10.9 Å². The quantitative estimate of drug-likeness (QED) is 0.328. The Morgan fingerprint density at radius 3 is 2.83 bits per heavy atom. The minimum atomic E-state index is -0.742. The van der Waals surface area contributed by atoms with Crippen LogP contribution in [0.2, 0.25) is 0 Å². The number of ether oxygens (including phenoxy) is 1. The Morgan fingerprint density at radius 1 is 1.17 bits per heavy atom. The minimum absolute atomic E-state index is 0.190. The van der Waals surface area contributed by atoms with Crippen LogP contribution < -0.4 is 4.74 Å². The van der Waals surface area contributed by atoms with Crippen molar-refractivity contribution in [2.45, 2.75) is 43.2 Å². The first kappa shape index (κ1) is 26.4. The lowest BCUT2D eigenvalue weighted by Crippen LogP contribution is -2.41. The molecule has 0 aliphatic carbocycles. The minimum Gasteiger partial charge on any atom is -0.497 e. The second kappa shape index (κ2) is 13.0. The molecule has 36 heavy (non-hydrogen) atoms. The van der Waals surface area contributed by atoms with Crippen molar-refractivity contribution in [3.05, 3.63) is 60.4 Å². The SMILES string of the molecule is COc1ccc2nccc(C(O)CC[C@@H]3CCN(CCSc4ccccn4)C[C@@H]3CCC(=O)O)c2c1. The third-order valence-corrected chi connectivity index (χ3v) is 8.08. The zero-order chi connectivity index (χ0) is 25.3. The Morgan fingerprint density at radius 2 is 2.06 bits per heavy atom. The molecule has 8 heteroatoms. The Kier molecular flexibility index (Phi) is 9.55. The number of carboxylic acid groups (broad SMARTS) is 1. The van der Waals surface area contributed by atoms with Crippen molar-refractivity contribution in [2.75, 3.05) is 32.5 Å². The van der Waals surface area contributed by atoms with Gasteiger partial charge in [-0.1, -0.05) is 6.07 Å². The van der Waals surface area contributed by atoms with Gasteiger partial charge in [0.05, 0.1) is 23.8 Å². The molecule has 1 unspecified atom stereocenters. The van der Waals surface area contributed by atoms with Crippen LogP contribution in [0.15, 0.2) is 59.9 Å². The lowest BCUT2D eigenvalue weighted by atomic mass is 9.79. The standard InChI is InChI=1S/C28H35N3O4S/c1-35-22-7-8-25-24(18-22)23(11-14-29-25)26(32)9-5-20-12-15-31(19-21(20)6-10-28(33)34)16-17-36-27-4-2-3-13-30-27/h2-4,7-8,11,13-14,18,20-21,26,32H,5-6,9-10,12,15-17,19H2,1H3,(H,33,34)/t20-,21+,26?/m1/s1. The monoisotopic (exact) mass is 509 g/mol. The van der Waals surface area contributed by atoms with E-state index >= 15 is 0 Å². The zero-order valence-electron chi connectivity index (χ0n) is 20.8. The summed E-state index contributed by atoms with van der Waals surface area (Å²) < 4.78 is 5.37. The topological polar surface area (TPSA) is 95.8 Å². The normalized spacial score (nSPS) is 19.3. The van der Waals surface area contributed by atoms with Crippen molar-refractivity contribution >= 4 is 28.6 Å². The van der Waals surface area contributed by atoms with E-state index in [-0.39, 0.29) is 6.42 Å². The number of carboxylic acids is 1. The van der Waals surface area contributed by atoms with Crippen molar-refractivity contribution < 1.29 is 19.7 Å². The fourth-order valence-corrected chi connectivity index (χ4v) is 6.05. The van der Waals surface area contributed by atoms with Gasteiger partial charge in [-0.05, 0) is 86.0 Å². The maximum Gasteiger partial charge on any atom is 0.303 e. The summed E-state index contributed by atoms with van der Waals surface area (Å²) in [5.74, 6) is 1.68. The largest absolute Gasteiger partial charge is 0.497 e. The number of piperidine rings is 1. The van der Waals surface area contributed by atoms with E-state index in [1.54, 1.807) is 25.1 Å². The molecule has 0 saturated carbocycles. The van der Waals surface area contributed by atoms with Gasteiger partial charge in [-0.15, -0.1) is 11.8 Å². The van der Waals surface area contributed by atoms with Crippen LogP contribution in [0.1, 0.15) is 43.8 Å². The molecule has 1 aromatic carbocycles. The van der Waals surface area contributed by atoms with E-state index in [4.69, 9.17) is 4.74 Å². The molecule has 2 aromatic heterocycles. The molecular formula is C28H35N3O4S. The summed E-state index contributed by atoms with van der Waals surface area (Å²) in [6.45, 7) is 2.87. The summed E-state index contributed by atoms with van der Waals surface area (Å²) >= 11 is 1.76. The van der Waals surface area contributed by atoms with E-state index in [2.05, 4.69) is 14.9 Å². The van der Waals surface area contributed by atoms with E-state index in [0.717, 1.165) is 65.5 Å². The van der Waals surface area contributed by atoms with Crippen molar-refractivity contribution in [3.8, 4) is 5.75 Å². The number of rotatable bonds is 12. The average molecular weight is 510 g/mol. The van der Waals surface area contributed by atoms with Gasteiger partial charge in [-0.25, -0.2) is 4.98 Å². The molecule has 7 nitrogen and oxygen atoms in total. The number of nitrogens with zero attached hydrogens (tertiary/aromatic N) is 3. The van der Waals surface area contributed by atoms with Gasteiger partial charge in [0.25, 0.3) is 0 Å². The molecule has 4 rings (SSSR count). The number of aromatic nitrogens is 2. The third-order valence-electron chi connectivity index (χ3n) is 7.15. The molecule has 3 heterocycles. The van der Waals surface area contributed by atoms with Crippen molar-refractivity contribution in [1.29, 1.82) is 0 Å². The van der Waals surface area contributed by atoms with Gasteiger partial charge in [0.1, 0.15) is 5.75 Å². The molecule has 192 valence electrons. The molecular weight excluding hydrogens is 474 g/mol. The van der Waals surface area contributed by atoms with Crippen molar-refractivity contribution in [1.82, 2.24) is 14.9 Å². The lowest BCUT2D eigenvalue weighted by molar-refractivity contribution is -0.137. The third kappa shape index (κ3) is 7.18. The molecule has 1 aliphatic rings. The maximum atomic E-state index is 11.3. The molecule has 2 N–H and O–H groups in total. The fraction of sp³-hybridized carbons (Fsp3) is 0.464. The highest BCUT2D eigenvalue weighted by Gasteiger charge is 2.30. The molecule has 0 spiro atoms. The predicted molar refractivity (Wildman–Crippen MR) is 142 cm³/mol. The Hall–Kier alpha value is -2.68. The van der Waals surface area contributed by atoms with Gasteiger partial charge >= 0.3 is 5.97 Å². The van der Waals surface area contributed by atoms with Gasteiger partial charge in [0.15, 0.2) is 0 Å². The Labute approximate surface area is 216 Å². The van der Waals surface area contributed by atoms with Crippen molar-refractivity contribution in [3.63, 3.8) is 0 Å². The maximum absolute atomic E-state index is 11.3. The highest BCUT2D eigenvalue weighted by atomic mass is 32.2. The number of methoxy groups -OCH3 is 1. The number of pyridine rings is 2. The summed E-state index contributed by atoms with van der Waals surface area (Å²) in [4.78, 5) is 22.6. The first-order chi connectivity index (χ1) is 17.5. The molecule has 3 aromatic rings. The molecule has 1 saturated heterocycles. The highest BCUT2D eigenvalue weighted by molar-refractivity contribution is 7.99. The van der Waals surface area contributed by atoms with Crippen LogP contribution in [-0.2, 0) is 4.79 Å². The van der Waals surface area contributed by atoms with E-state index in [0.29, 0.717) is 24.7 Å². The van der Waals surface area contributed by atoms with Crippen LogP contribution in [0.4, 0.5) is 0 Å². The summed E-state index contributed by atoms with van der Waals surface area (Å²) in [5.41, 5.74) is 1.70. The van der Waals surface area contributed by atoms with Crippen LogP contribution >= 0.6 is 11.8 Å². The summed E-state index contributed by atoms with van der Waals surface area (Å²) in [6, 6.07) is 13.6. The van der Waals surface area contributed by atoms with E-state index in [1.807, 2.05) is 48.7 Å². The number of aliphatic hydroxyl groups is 1. The number of likely N-dealkylation sites (tertiary alicyclic amines) is 1. The van der Waals surface area contributed by atoms with Gasteiger partial charge in [-0.2, -0.15) is 0 Å². The smallest absolute Gasteiger partial charge is 0.303 e. The zero-order valence-corrected chi connectivity index (χ0v) is 21.6. The molecule has 1 aliphatic heterocycles. The van der Waals surface area contributed by atoms with Crippen LogP contribution in [0.5, 0.6) is 5.75 Å². The van der Waals surface area contributed by atoms with E-state index < -0.39 is 12.1 Å². The van der Waals surface area contributed by atoms with Gasteiger partial charge in [0, 0.05) is 43.0 Å². The highest BCUT2D eigenvalue weighted by Crippen LogP contribution is 2.35. The van der Waals surface area contributed by atoms with Crippen LogP contribution in [-0.4, -0.2) is 63.5 Å². The molecule has 3 atom stereocenters. The summed E-state index contributed by atoms with van der Waals surface area (Å²) in [7, 11) is 1.63. The number of benzene rings is 1. The number of fused-ring (bicyclic) bond motifs is 1. The van der Waals surface area contributed by atoms with Crippen LogP contribution in [0.3, 0.4) is 0 Å². The number of hydrogen-bond acceptors (Lipinski definition) is 7. The summed E-state index contributed by atoms with van der Waals surface area (Å²) in [5, 5.41) is 22.3. The lowest BCUT2D eigenvalue weighted by Gasteiger charge is -2.39. The number of thioether (sulfide) groups is 1. The van der Waals surface area contributed by atoms with E-state index in [1.165, 1.54) is 0 Å². The first-order valence-electron chi connectivity index (χ1n) is 12.6. The Bertz CT molecular complexity index is 1130. The Balaban J connectivity index is 1.35. The second-order valence-corrected chi connectivity index (χ2v) is 10.5. The second-order valence-electron chi connectivity index (χ2n) is 9.43. The number of aliphatic carboxylic acids is 1. The molecule has 0 bridgehead atoms. The number of aliphatic hydroxyl groups excluding tert-OH is 1. The molecule has 1 fully saturated rings. The van der Waals surface area contributed by atoms with Gasteiger partial charge in [0.2, 0.25) is 0 Å². The number of hydrogen-bond donors (Lipinski definition) is 2. The summed E-state index contributed by atoms with van der Waals surface area (Å²) in [6.07, 6.45) is 6.35. The molecule has 0 radical (unpaired) electrons.